The molecule has 2 unspecified atom stereocenters. The van der Waals surface area contributed by atoms with Crippen molar-refractivity contribution < 1.29 is 0 Å². The monoisotopic (exact) mass is 246 g/mol. The summed E-state index contributed by atoms with van der Waals surface area (Å²) in [5, 5.41) is 0. The minimum absolute atomic E-state index is 0.259. The highest BCUT2D eigenvalue weighted by molar-refractivity contribution is 5.16. The molecule has 18 heavy (non-hydrogen) atoms. The predicted molar refractivity (Wildman–Crippen MR) is 77.3 cm³/mol. The van der Waals surface area contributed by atoms with E-state index in [-0.39, 0.29) is 5.54 Å². The number of nitrogens with zero attached hydrogens (tertiary/aromatic N) is 1. The number of likely N-dealkylation sites (tertiary alicyclic amines) is 1. The van der Waals surface area contributed by atoms with Gasteiger partial charge in [-0.3, -0.25) is 4.90 Å². The van der Waals surface area contributed by atoms with Crippen LogP contribution in [0.25, 0.3) is 0 Å². The zero-order chi connectivity index (χ0) is 13.2. The summed E-state index contributed by atoms with van der Waals surface area (Å²) < 4.78 is 0. The second-order valence-corrected chi connectivity index (χ2v) is 6.13. The van der Waals surface area contributed by atoms with Gasteiger partial charge in [-0.1, -0.05) is 30.3 Å². The van der Waals surface area contributed by atoms with E-state index in [0.29, 0.717) is 6.04 Å². The van der Waals surface area contributed by atoms with Gasteiger partial charge < -0.3 is 5.73 Å². The Balaban J connectivity index is 2.12. The van der Waals surface area contributed by atoms with Crippen LogP contribution in [0.15, 0.2) is 30.3 Å². The highest BCUT2D eigenvalue weighted by Crippen LogP contribution is 2.41. The molecule has 0 aromatic heterocycles. The number of hydrogen-bond donors (Lipinski definition) is 1. The third-order valence-electron chi connectivity index (χ3n) is 4.61. The standard InChI is InChI=1S/C16H26N2/c1-13-11-15(9-10-17)16(2,3)18(13)12-14-7-5-4-6-8-14/h4-8,13,15H,9-12,17H2,1-3H3. The third kappa shape index (κ3) is 2.60. The van der Waals surface area contributed by atoms with Gasteiger partial charge in [0.2, 0.25) is 0 Å². The van der Waals surface area contributed by atoms with E-state index in [4.69, 9.17) is 5.73 Å². The summed E-state index contributed by atoms with van der Waals surface area (Å²) in [6.45, 7) is 8.96. The van der Waals surface area contributed by atoms with E-state index in [1.165, 1.54) is 12.0 Å². The maximum Gasteiger partial charge on any atom is 0.0241 e. The van der Waals surface area contributed by atoms with Crippen molar-refractivity contribution in [3.8, 4) is 0 Å². The molecule has 0 aliphatic carbocycles. The summed E-state index contributed by atoms with van der Waals surface area (Å²) >= 11 is 0. The summed E-state index contributed by atoms with van der Waals surface area (Å²) in [4.78, 5) is 2.64. The van der Waals surface area contributed by atoms with E-state index in [9.17, 15) is 0 Å². The molecule has 1 saturated heterocycles. The van der Waals surface area contributed by atoms with Crippen LogP contribution in [-0.2, 0) is 6.54 Å². The number of nitrogens with two attached hydrogens (primary N) is 1. The lowest BCUT2D eigenvalue weighted by molar-refractivity contribution is 0.101. The molecular formula is C16H26N2. The lowest BCUT2D eigenvalue weighted by Crippen LogP contribution is -2.44. The van der Waals surface area contributed by atoms with Crippen molar-refractivity contribution >= 4 is 0 Å². The molecule has 100 valence electrons. The Labute approximate surface area is 111 Å². The van der Waals surface area contributed by atoms with Crippen molar-refractivity contribution in [1.82, 2.24) is 4.90 Å². The quantitative estimate of drug-likeness (QED) is 0.885. The Morgan fingerprint density at radius 2 is 1.94 bits per heavy atom. The predicted octanol–water partition coefficient (Wildman–Crippen LogP) is 3.02. The maximum absolute atomic E-state index is 5.75. The minimum atomic E-state index is 0.259. The molecule has 2 nitrogen and oxygen atoms in total. The van der Waals surface area contributed by atoms with Crippen molar-refractivity contribution in [2.45, 2.75) is 51.7 Å². The molecule has 1 aromatic rings. The molecule has 2 atom stereocenters. The lowest BCUT2D eigenvalue weighted by Gasteiger charge is -2.38. The highest BCUT2D eigenvalue weighted by atomic mass is 15.2. The second kappa shape index (κ2) is 5.41. The van der Waals surface area contributed by atoms with Gasteiger partial charge in [0.15, 0.2) is 0 Å². The smallest absolute Gasteiger partial charge is 0.0241 e. The van der Waals surface area contributed by atoms with Crippen molar-refractivity contribution in [3.63, 3.8) is 0 Å². The van der Waals surface area contributed by atoms with Crippen LogP contribution in [0.5, 0.6) is 0 Å². The second-order valence-electron chi connectivity index (χ2n) is 6.13. The molecule has 0 amide bonds. The van der Waals surface area contributed by atoms with E-state index in [1.54, 1.807) is 0 Å². The molecule has 0 saturated carbocycles. The normalized spacial score (nSPS) is 27.6. The first-order valence-corrected chi connectivity index (χ1v) is 7.06. The molecule has 0 bridgehead atoms. The van der Waals surface area contributed by atoms with Gasteiger partial charge >= 0.3 is 0 Å². The van der Waals surface area contributed by atoms with Gasteiger partial charge in [0.1, 0.15) is 0 Å². The van der Waals surface area contributed by atoms with Crippen molar-refractivity contribution in [2.75, 3.05) is 6.54 Å². The van der Waals surface area contributed by atoms with Gasteiger partial charge in [-0.2, -0.15) is 0 Å². The summed E-state index contributed by atoms with van der Waals surface area (Å²) in [5.74, 6) is 0.723. The molecular weight excluding hydrogens is 220 g/mol. The average molecular weight is 246 g/mol. The molecule has 1 fully saturated rings. The molecule has 1 aromatic carbocycles. The summed E-state index contributed by atoms with van der Waals surface area (Å²) in [6, 6.07) is 11.4. The van der Waals surface area contributed by atoms with Gasteiger partial charge in [0, 0.05) is 18.1 Å². The molecule has 0 radical (unpaired) electrons. The van der Waals surface area contributed by atoms with E-state index in [2.05, 4.69) is 56.0 Å². The van der Waals surface area contributed by atoms with E-state index < -0.39 is 0 Å². The SMILES string of the molecule is CC1CC(CCN)C(C)(C)N1Cc1ccccc1. The molecule has 1 aliphatic heterocycles. The molecule has 0 spiro atoms. The van der Waals surface area contributed by atoms with Crippen LogP contribution >= 0.6 is 0 Å². The van der Waals surface area contributed by atoms with Gasteiger partial charge in [-0.25, -0.2) is 0 Å². The van der Waals surface area contributed by atoms with Crippen LogP contribution in [-0.4, -0.2) is 23.0 Å². The van der Waals surface area contributed by atoms with Crippen molar-refractivity contribution in [3.05, 3.63) is 35.9 Å². The summed E-state index contributed by atoms with van der Waals surface area (Å²) in [7, 11) is 0. The fourth-order valence-corrected chi connectivity index (χ4v) is 3.44. The zero-order valence-corrected chi connectivity index (χ0v) is 11.9. The fourth-order valence-electron chi connectivity index (χ4n) is 3.44. The minimum Gasteiger partial charge on any atom is -0.330 e. The van der Waals surface area contributed by atoms with Gasteiger partial charge in [0.25, 0.3) is 0 Å². The topological polar surface area (TPSA) is 29.3 Å². The van der Waals surface area contributed by atoms with Gasteiger partial charge in [0.05, 0.1) is 0 Å². The molecule has 2 rings (SSSR count). The molecule has 2 N–H and O–H groups in total. The Morgan fingerprint density at radius 3 is 2.56 bits per heavy atom. The zero-order valence-electron chi connectivity index (χ0n) is 11.9. The fraction of sp³-hybridized carbons (Fsp3) is 0.625. The van der Waals surface area contributed by atoms with Crippen LogP contribution in [0.4, 0.5) is 0 Å². The number of benzene rings is 1. The first kappa shape index (κ1) is 13.6. The maximum atomic E-state index is 5.75. The molecule has 1 heterocycles. The Kier molecular flexibility index (Phi) is 4.08. The van der Waals surface area contributed by atoms with E-state index in [0.717, 1.165) is 25.4 Å². The summed E-state index contributed by atoms with van der Waals surface area (Å²) in [5.41, 5.74) is 7.42. The van der Waals surface area contributed by atoms with Gasteiger partial charge in [-0.15, -0.1) is 0 Å². The highest BCUT2D eigenvalue weighted by Gasteiger charge is 2.44. The Hall–Kier alpha value is -0.860. The van der Waals surface area contributed by atoms with Gasteiger partial charge in [-0.05, 0) is 51.6 Å². The van der Waals surface area contributed by atoms with Crippen molar-refractivity contribution in [2.24, 2.45) is 11.7 Å². The third-order valence-corrected chi connectivity index (χ3v) is 4.61. The molecule has 2 heteroatoms. The average Bonchev–Trinajstić information content (AvgIpc) is 2.55. The van der Waals surface area contributed by atoms with Crippen molar-refractivity contribution in [1.29, 1.82) is 0 Å². The first-order chi connectivity index (χ1) is 8.55. The van der Waals surface area contributed by atoms with Crippen LogP contribution in [0.1, 0.15) is 39.2 Å². The lowest BCUT2D eigenvalue weighted by atomic mass is 9.85. The van der Waals surface area contributed by atoms with Crippen LogP contribution in [0.3, 0.4) is 0 Å². The van der Waals surface area contributed by atoms with E-state index >= 15 is 0 Å². The Bertz CT molecular complexity index is 372. The molecule has 1 aliphatic rings. The summed E-state index contributed by atoms with van der Waals surface area (Å²) in [6.07, 6.45) is 2.42. The number of rotatable bonds is 4. The number of hydrogen-bond acceptors (Lipinski definition) is 2. The largest absolute Gasteiger partial charge is 0.330 e. The Morgan fingerprint density at radius 1 is 1.28 bits per heavy atom. The van der Waals surface area contributed by atoms with Crippen LogP contribution < -0.4 is 5.73 Å². The van der Waals surface area contributed by atoms with Crippen LogP contribution in [0, 0.1) is 5.92 Å². The van der Waals surface area contributed by atoms with Crippen LogP contribution in [0.2, 0.25) is 0 Å². The van der Waals surface area contributed by atoms with E-state index in [1.807, 2.05) is 0 Å². The first-order valence-electron chi connectivity index (χ1n) is 7.06.